The van der Waals surface area contributed by atoms with Crippen LogP contribution in [0.3, 0.4) is 0 Å². The molecule has 3 aromatic rings. The Morgan fingerprint density at radius 3 is 2.19 bits per heavy atom. The zero-order valence-corrected chi connectivity index (χ0v) is 12.3. The van der Waals surface area contributed by atoms with Gasteiger partial charge in [0.15, 0.2) is 0 Å². The lowest BCUT2D eigenvalue weighted by atomic mass is 10.2. The molecule has 4 heteroatoms. The van der Waals surface area contributed by atoms with Crippen molar-refractivity contribution in [1.29, 1.82) is 0 Å². The Morgan fingerprint density at radius 1 is 0.905 bits per heavy atom. The molecule has 0 aliphatic carbocycles. The second-order valence-electron chi connectivity index (χ2n) is 5.05. The summed E-state index contributed by atoms with van der Waals surface area (Å²) in [6, 6.07) is 20.3. The van der Waals surface area contributed by atoms with Crippen molar-refractivity contribution in [1.82, 2.24) is 15.0 Å². The van der Waals surface area contributed by atoms with E-state index in [2.05, 4.69) is 34.3 Å². The second-order valence-corrected chi connectivity index (χ2v) is 5.05. The van der Waals surface area contributed by atoms with Crippen LogP contribution in [0.5, 0.6) is 0 Å². The predicted molar refractivity (Wildman–Crippen MR) is 84.6 cm³/mol. The molecule has 0 unspecified atom stereocenters. The average Bonchev–Trinajstić information content (AvgIpc) is 2.90. The second kappa shape index (κ2) is 5.79. The standard InChI is InChI=1S/C17H18N4/c1-14-17(13-20(2)15-9-5-3-6-10-15)19-21(18-14)16-11-7-4-8-12-16/h3-12H,13H2,1-2H3. The minimum Gasteiger partial charge on any atom is -0.369 e. The Labute approximate surface area is 124 Å². The maximum atomic E-state index is 4.61. The number of hydrogen-bond acceptors (Lipinski definition) is 3. The molecule has 2 aromatic carbocycles. The molecular weight excluding hydrogens is 260 g/mol. The highest BCUT2D eigenvalue weighted by Crippen LogP contribution is 2.15. The van der Waals surface area contributed by atoms with E-state index in [0.717, 1.165) is 23.6 Å². The third kappa shape index (κ3) is 2.94. The molecule has 0 aliphatic heterocycles. The summed E-state index contributed by atoms with van der Waals surface area (Å²) in [7, 11) is 2.07. The van der Waals surface area contributed by atoms with Crippen molar-refractivity contribution in [2.75, 3.05) is 11.9 Å². The summed E-state index contributed by atoms with van der Waals surface area (Å²) in [4.78, 5) is 3.87. The Balaban J connectivity index is 1.82. The molecule has 0 atom stereocenters. The van der Waals surface area contributed by atoms with E-state index in [1.807, 2.05) is 55.5 Å². The van der Waals surface area contributed by atoms with Crippen LogP contribution < -0.4 is 4.90 Å². The number of benzene rings is 2. The number of rotatable bonds is 4. The van der Waals surface area contributed by atoms with Gasteiger partial charge >= 0.3 is 0 Å². The first kappa shape index (κ1) is 13.4. The van der Waals surface area contributed by atoms with Crippen LogP contribution in [-0.4, -0.2) is 22.0 Å². The van der Waals surface area contributed by atoms with Crippen molar-refractivity contribution in [3.63, 3.8) is 0 Å². The number of anilines is 1. The molecule has 0 fully saturated rings. The first-order chi connectivity index (χ1) is 10.2. The van der Waals surface area contributed by atoms with Gasteiger partial charge in [0.1, 0.15) is 5.69 Å². The monoisotopic (exact) mass is 278 g/mol. The van der Waals surface area contributed by atoms with Crippen LogP contribution in [0.2, 0.25) is 0 Å². The smallest absolute Gasteiger partial charge is 0.105 e. The van der Waals surface area contributed by atoms with Crippen LogP contribution in [0.4, 0.5) is 5.69 Å². The van der Waals surface area contributed by atoms with Gasteiger partial charge in [-0.05, 0) is 31.2 Å². The molecule has 1 heterocycles. The lowest BCUT2D eigenvalue weighted by molar-refractivity contribution is 0.730. The van der Waals surface area contributed by atoms with E-state index in [9.17, 15) is 0 Å². The molecular formula is C17H18N4. The predicted octanol–water partition coefficient (Wildman–Crippen LogP) is 3.21. The van der Waals surface area contributed by atoms with Crippen molar-refractivity contribution in [2.45, 2.75) is 13.5 Å². The van der Waals surface area contributed by atoms with Crippen LogP contribution in [0.15, 0.2) is 60.7 Å². The summed E-state index contributed by atoms with van der Waals surface area (Å²) in [5.41, 5.74) is 4.10. The first-order valence-electron chi connectivity index (χ1n) is 6.98. The maximum absolute atomic E-state index is 4.61. The summed E-state index contributed by atoms with van der Waals surface area (Å²) in [6.45, 7) is 2.74. The van der Waals surface area contributed by atoms with Gasteiger partial charge in [-0.15, -0.1) is 0 Å². The first-order valence-corrected chi connectivity index (χ1v) is 6.98. The summed E-state index contributed by atoms with van der Waals surface area (Å²) >= 11 is 0. The van der Waals surface area contributed by atoms with Crippen LogP contribution in [0, 0.1) is 6.92 Å². The van der Waals surface area contributed by atoms with Crippen molar-refractivity contribution >= 4 is 5.69 Å². The molecule has 21 heavy (non-hydrogen) atoms. The number of aromatic nitrogens is 3. The molecule has 0 N–H and O–H groups in total. The molecule has 4 nitrogen and oxygen atoms in total. The van der Waals surface area contributed by atoms with Crippen molar-refractivity contribution in [3.8, 4) is 5.69 Å². The fraction of sp³-hybridized carbons (Fsp3) is 0.176. The lowest BCUT2D eigenvalue weighted by Gasteiger charge is -2.17. The Morgan fingerprint density at radius 2 is 1.52 bits per heavy atom. The minimum atomic E-state index is 0.739. The molecule has 0 saturated heterocycles. The normalized spacial score (nSPS) is 10.6. The molecule has 3 rings (SSSR count). The van der Waals surface area contributed by atoms with Gasteiger partial charge in [0.05, 0.1) is 17.9 Å². The Hall–Kier alpha value is -2.62. The highest BCUT2D eigenvalue weighted by atomic mass is 15.5. The van der Waals surface area contributed by atoms with E-state index in [-0.39, 0.29) is 0 Å². The van der Waals surface area contributed by atoms with E-state index >= 15 is 0 Å². The Kier molecular flexibility index (Phi) is 3.69. The zero-order chi connectivity index (χ0) is 14.7. The minimum absolute atomic E-state index is 0.739. The van der Waals surface area contributed by atoms with Crippen LogP contribution >= 0.6 is 0 Å². The van der Waals surface area contributed by atoms with Crippen LogP contribution in [0.25, 0.3) is 5.69 Å². The third-order valence-electron chi connectivity index (χ3n) is 3.45. The van der Waals surface area contributed by atoms with Crippen molar-refractivity contribution in [2.24, 2.45) is 0 Å². The number of aryl methyl sites for hydroxylation is 1. The molecule has 0 radical (unpaired) electrons. The molecule has 0 aliphatic rings. The SMILES string of the molecule is Cc1nn(-c2ccccc2)nc1CN(C)c1ccccc1. The van der Waals surface area contributed by atoms with E-state index in [4.69, 9.17) is 0 Å². The zero-order valence-electron chi connectivity index (χ0n) is 12.3. The number of para-hydroxylation sites is 2. The summed E-state index contributed by atoms with van der Waals surface area (Å²) < 4.78 is 0. The molecule has 0 saturated carbocycles. The lowest BCUT2D eigenvalue weighted by Crippen LogP contribution is -2.17. The molecule has 0 spiro atoms. The van der Waals surface area contributed by atoms with Gasteiger partial charge in [-0.3, -0.25) is 0 Å². The van der Waals surface area contributed by atoms with Gasteiger partial charge in [0.25, 0.3) is 0 Å². The third-order valence-corrected chi connectivity index (χ3v) is 3.45. The van der Waals surface area contributed by atoms with E-state index in [1.165, 1.54) is 5.69 Å². The van der Waals surface area contributed by atoms with Crippen LogP contribution in [0.1, 0.15) is 11.4 Å². The highest BCUT2D eigenvalue weighted by molar-refractivity contribution is 5.45. The van der Waals surface area contributed by atoms with Gasteiger partial charge in [-0.1, -0.05) is 36.4 Å². The largest absolute Gasteiger partial charge is 0.369 e. The molecule has 106 valence electrons. The van der Waals surface area contributed by atoms with E-state index in [0.29, 0.717) is 0 Å². The van der Waals surface area contributed by atoms with Gasteiger partial charge in [0.2, 0.25) is 0 Å². The van der Waals surface area contributed by atoms with Gasteiger partial charge in [0, 0.05) is 12.7 Å². The van der Waals surface area contributed by atoms with Gasteiger partial charge in [-0.25, -0.2) is 0 Å². The topological polar surface area (TPSA) is 34.0 Å². The molecule has 1 aromatic heterocycles. The van der Waals surface area contributed by atoms with Gasteiger partial charge in [-0.2, -0.15) is 15.0 Å². The maximum Gasteiger partial charge on any atom is 0.105 e. The average molecular weight is 278 g/mol. The number of hydrogen-bond donors (Lipinski definition) is 0. The van der Waals surface area contributed by atoms with E-state index < -0.39 is 0 Å². The summed E-state index contributed by atoms with van der Waals surface area (Å²) in [6.07, 6.45) is 0. The van der Waals surface area contributed by atoms with E-state index in [1.54, 1.807) is 4.80 Å². The quantitative estimate of drug-likeness (QED) is 0.735. The van der Waals surface area contributed by atoms with Crippen molar-refractivity contribution < 1.29 is 0 Å². The van der Waals surface area contributed by atoms with Crippen LogP contribution in [-0.2, 0) is 6.54 Å². The molecule has 0 bridgehead atoms. The van der Waals surface area contributed by atoms with Gasteiger partial charge < -0.3 is 4.90 Å². The fourth-order valence-corrected chi connectivity index (χ4v) is 2.23. The number of nitrogens with zero attached hydrogens (tertiary/aromatic N) is 4. The summed E-state index contributed by atoms with van der Waals surface area (Å²) in [5, 5.41) is 9.12. The Bertz CT molecular complexity index is 704. The fourth-order valence-electron chi connectivity index (χ4n) is 2.23. The highest BCUT2D eigenvalue weighted by Gasteiger charge is 2.11. The van der Waals surface area contributed by atoms with Crippen molar-refractivity contribution in [3.05, 3.63) is 72.1 Å². The summed E-state index contributed by atoms with van der Waals surface area (Å²) in [5.74, 6) is 0. The molecule has 0 amide bonds.